The van der Waals surface area contributed by atoms with Crippen molar-refractivity contribution in [1.82, 2.24) is 10.6 Å². The Labute approximate surface area is 160 Å². The number of nitrogens with one attached hydrogen (secondary N) is 2. The fourth-order valence-corrected chi connectivity index (χ4v) is 5.45. The van der Waals surface area contributed by atoms with Gasteiger partial charge in [0, 0.05) is 23.9 Å². The lowest BCUT2D eigenvalue weighted by Crippen LogP contribution is -2.42. The van der Waals surface area contributed by atoms with Crippen LogP contribution in [0.25, 0.3) is 11.1 Å². The fraction of sp³-hybridized carbons (Fsp3) is 0.435. The number of rotatable bonds is 4. The Balaban J connectivity index is 1.24. The highest BCUT2D eigenvalue weighted by molar-refractivity contribution is 5.79. The molecule has 5 rings (SSSR count). The molecule has 3 aliphatic rings. The molecule has 0 aromatic heterocycles. The maximum atomic E-state index is 12.4. The van der Waals surface area contributed by atoms with E-state index in [4.69, 9.17) is 4.74 Å². The molecule has 2 unspecified atom stereocenters. The Morgan fingerprint density at radius 3 is 2.52 bits per heavy atom. The zero-order valence-electron chi connectivity index (χ0n) is 15.5. The number of amides is 1. The molecule has 27 heavy (non-hydrogen) atoms. The third-order valence-corrected chi connectivity index (χ3v) is 6.85. The van der Waals surface area contributed by atoms with Gasteiger partial charge in [-0.2, -0.15) is 0 Å². The van der Waals surface area contributed by atoms with Crippen LogP contribution in [0, 0.1) is 5.41 Å². The lowest BCUT2D eigenvalue weighted by molar-refractivity contribution is 0.136. The number of hydrogen-bond acceptors (Lipinski definition) is 3. The minimum atomic E-state index is -0.288. The number of alkyl carbamates (subject to hydrolysis) is 1. The molecule has 4 nitrogen and oxygen atoms in total. The largest absolute Gasteiger partial charge is 0.449 e. The van der Waals surface area contributed by atoms with E-state index in [1.165, 1.54) is 41.5 Å². The second-order valence-electron chi connectivity index (χ2n) is 8.19. The summed E-state index contributed by atoms with van der Waals surface area (Å²) in [6.45, 7) is 2.17. The zero-order chi connectivity index (χ0) is 18.3. The van der Waals surface area contributed by atoms with Crippen LogP contribution in [0.2, 0.25) is 0 Å². The molecule has 0 radical (unpaired) electrons. The molecule has 0 spiro atoms. The molecular weight excluding hydrogens is 336 g/mol. The molecule has 2 fully saturated rings. The summed E-state index contributed by atoms with van der Waals surface area (Å²) in [5, 5.41) is 6.65. The lowest BCUT2D eigenvalue weighted by Gasteiger charge is -2.28. The van der Waals surface area contributed by atoms with Gasteiger partial charge in [0.25, 0.3) is 0 Å². The maximum Gasteiger partial charge on any atom is 0.407 e. The topological polar surface area (TPSA) is 50.4 Å². The first-order valence-corrected chi connectivity index (χ1v) is 10.1. The van der Waals surface area contributed by atoms with Crippen LogP contribution in [0.3, 0.4) is 0 Å². The van der Waals surface area contributed by atoms with Crippen LogP contribution in [0.15, 0.2) is 48.5 Å². The second kappa shape index (κ2) is 6.68. The van der Waals surface area contributed by atoms with Crippen molar-refractivity contribution in [3.63, 3.8) is 0 Å². The number of ether oxygens (including phenoxy) is 1. The highest BCUT2D eigenvalue weighted by atomic mass is 16.5. The van der Waals surface area contributed by atoms with Crippen molar-refractivity contribution in [3.05, 3.63) is 59.7 Å². The molecule has 2 aliphatic carbocycles. The van der Waals surface area contributed by atoms with Crippen molar-refractivity contribution in [3.8, 4) is 11.1 Å². The standard InChI is InChI=1S/C23H26N2O2/c26-22(25-15-23-11-5-10-21(23)24-13-12-23)27-14-20-18-8-3-1-6-16(18)17-7-2-4-9-19(17)20/h1-4,6-9,20-21,24H,5,10-15H2,(H,25,26). The Morgan fingerprint density at radius 2 is 1.78 bits per heavy atom. The van der Waals surface area contributed by atoms with E-state index in [0.717, 1.165) is 19.5 Å². The third kappa shape index (κ3) is 2.83. The number of fused-ring (bicyclic) bond motifs is 4. The van der Waals surface area contributed by atoms with Gasteiger partial charge in [0.2, 0.25) is 0 Å². The van der Waals surface area contributed by atoms with E-state index in [1.54, 1.807) is 0 Å². The number of carbonyl (C=O) groups is 1. The van der Waals surface area contributed by atoms with Crippen molar-refractivity contribution < 1.29 is 9.53 Å². The zero-order valence-corrected chi connectivity index (χ0v) is 15.5. The average Bonchev–Trinajstić information content (AvgIpc) is 3.36. The first-order chi connectivity index (χ1) is 13.3. The van der Waals surface area contributed by atoms with Crippen LogP contribution in [0.1, 0.15) is 42.7 Å². The molecule has 1 saturated carbocycles. The summed E-state index contributed by atoms with van der Waals surface area (Å²) >= 11 is 0. The van der Waals surface area contributed by atoms with Crippen molar-refractivity contribution in [1.29, 1.82) is 0 Å². The van der Waals surface area contributed by atoms with E-state index in [0.29, 0.717) is 12.6 Å². The fourth-order valence-electron chi connectivity index (χ4n) is 5.45. The Kier molecular flexibility index (Phi) is 4.16. The van der Waals surface area contributed by atoms with Gasteiger partial charge in [0.15, 0.2) is 0 Å². The van der Waals surface area contributed by atoms with Gasteiger partial charge in [-0.1, -0.05) is 55.0 Å². The summed E-state index contributed by atoms with van der Waals surface area (Å²) in [5.41, 5.74) is 5.26. The molecule has 1 saturated heterocycles. The second-order valence-corrected chi connectivity index (χ2v) is 8.19. The molecule has 2 atom stereocenters. The molecular formula is C23H26N2O2. The van der Waals surface area contributed by atoms with Gasteiger partial charge in [0.05, 0.1) is 0 Å². The van der Waals surface area contributed by atoms with Crippen LogP contribution in [0.5, 0.6) is 0 Å². The lowest BCUT2D eigenvalue weighted by atomic mass is 9.82. The quantitative estimate of drug-likeness (QED) is 0.862. The normalized spacial score (nSPS) is 25.7. The Morgan fingerprint density at radius 1 is 1.07 bits per heavy atom. The summed E-state index contributed by atoms with van der Waals surface area (Å²) in [5.74, 6) is 0.119. The molecule has 2 aromatic carbocycles. The predicted molar refractivity (Wildman–Crippen MR) is 106 cm³/mol. The van der Waals surface area contributed by atoms with E-state index in [2.05, 4.69) is 59.2 Å². The van der Waals surface area contributed by atoms with Crippen molar-refractivity contribution >= 4 is 6.09 Å². The van der Waals surface area contributed by atoms with Crippen molar-refractivity contribution in [2.75, 3.05) is 19.7 Å². The van der Waals surface area contributed by atoms with Crippen LogP contribution >= 0.6 is 0 Å². The highest BCUT2D eigenvalue weighted by Crippen LogP contribution is 2.45. The molecule has 2 N–H and O–H groups in total. The minimum absolute atomic E-state index is 0.119. The van der Waals surface area contributed by atoms with Gasteiger partial charge in [0.1, 0.15) is 6.61 Å². The molecule has 4 heteroatoms. The minimum Gasteiger partial charge on any atom is -0.449 e. The molecule has 0 bridgehead atoms. The Hall–Kier alpha value is -2.33. The van der Waals surface area contributed by atoms with E-state index < -0.39 is 0 Å². The van der Waals surface area contributed by atoms with E-state index >= 15 is 0 Å². The van der Waals surface area contributed by atoms with Crippen molar-refractivity contribution in [2.45, 2.75) is 37.6 Å². The maximum absolute atomic E-state index is 12.4. The smallest absolute Gasteiger partial charge is 0.407 e. The van der Waals surface area contributed by atoms with E-state index in [-0.39, 0.29) is 17.4 Å². The van der Waals surface area contributed by atoms with Gasteiger partial charge < -0.3 is 15.4 Å². The van der Waals surface area contributed by atoms with E-state index in [1.807, 2.05) is 0 Å². The van der Waals surface area contributed by atoms with Gasteiger partial charge in [-0.05, 0) is 48.1 Å². The summed E-state index contributed by atoms with van der Waals surface area (Å²) in [7, 11) is 0. The average molecular weight is 362 g/mol. The molecule has 1 heterocycles. The van der Waals surface area contributed by atoms with Gasteiger partial charge in [-0.15, -0.1) is 0 Å². The SMILES string of the molecule is O=C(NCC12CCCC1NCC2)OCC1c2ccccc2-c2ccccc21. The highest BCUT2D eigenvalue weighted by Gasteiger charge is 2.46. The molecule has 1 aliphatic heterocycles. The summed E-state index contributed by atoms with van der Waals surface area (Å²) < 4.78 is 5.67. The third-order valence-electron chi connectivity index (χ3n) is 6.85. The van der Waals surface area contributed by atoms with Crippen molar-refractivity contribution in [2.24, 2.45) is 5.41 Å². The van der Waals surface area contributed by atoms with Gasteiger partial charge >= 0.3 is 6.09 Å². The molecule has 140 valence electrons. The summed E-state index contributed by atoms with van der Waals surface area (Å²) in [4.78, 5) is 12.4. The Bertz CT molecular complexity index is 807. The monoisotopic (exact) mass is 362 g/mol. The molecule has 1 amide bonds. The van der Waals surface area contributed by atoms with Crippen LogP contribution < -0.4 is 10.6 Å². The summed E-state index contributed by atoms with van der Waals surface area (Å²) in [6, 6.07) is 17.4. The van der Waals surface area contributed by atoms with Crippen LogP contribution in [0.4, 0.5) is 4.79 Å². The first kappa shape index (κ1) is 16.8. The number of benzene rings is 2. The first-order valence-electron chi connectivity index (χ1n) is 10.1. The number of hydrogen-bond donors (Lipinski definition) is 2. The summed E-state index contributed by atoms with van der Waals surface area (Å²) in [6.07, 6.45) is 4.55. The number of carbonyl (C=O) groups excluding carboxylic acids is 1. The van der Waals surface area contributed by atoms with E-state index in [9.17, 15) is 4.79 Å². The van der Waals surface area contributed by atoms with Crippen LogP contribution in [-0.2, 0) is 4.74 Å². The van der Waals surface area contributed by atoms with Crippen LogP contribution in [-0.4, -0.2) is 31.8 Å². The van der Waals surface area contributed by atoms with Gasteiger partial charge in [-0.3, -0.25) is 0 Å². The van der Waals surface area contributed by atoms with Gasteiger partial charge in [-0.25, -0.2) is 4.79 Å². The predicted octanol–water partition coefficient (Wildman–Crippen LogP) is 4.06. The molecule has 2 aromatic rings.